The second-order valence-electron chi connectivity index (χ2n) is 6.36. The van der Waals surface area contributed by atoms with Crippen LogP contribution >= 0.6 is 0 Å². The van der Waals surface area contributed by atoms with Crippen LogP contribution in [0.1, 0.15) is 11.3 Å². The van der Waals surface area contributed by atoms with Crippen LogP contribution in [0.15, 0.2) is 59.4 Å². The number of methoxy groups -OCH3 is 1. The van der Waals surface area contributed by atoms with Gasteiger partial charge in [0.1, 0.15) is 11.5 Å². The maximum Gasteiger partial charge on any atom is 0.432 e. The highest BCUT2D eigenvalue weighted by Crippen LogP contribution is 2.39. The first-order chi connectivity index (χ1) is 14.1. The Labute approximate surface area is 168 Å². The van der Waals surface area contributed by atoms with E-state index < -0.39 is 28.9 Å². The SMILES string of the molecule is COC(=O)C(O)(c1c(C)[nH]n(-c2ccc(Oc3ccccc3)cc2)c1=O)C(F)(F)F. The molecule has 3 rings (SSSR count). The Bertz CT molecular complexity index is 1100. The van der Waals surface area contributed by atoms with E-state index in [4.69, 9.17) is 4.74 Å². The molecule has 0 saturated heterocycles. The molecule has 0 spiro atoms. The summed E-state index contributed by atoms with van der Waals surface area (Å²) in [7, 11) is 0.686. The number of aliphatic hydroxyl groups is 1. The molecule has 1 atom stereocenters. The summed E-state index contributed by atoms with van der Waals surface area (Å²) in [5.74, 6) is -0.996. The number of H-pyrrole nitrogens is 1. The van der Waals surface area contributed by atoms with Crippen LogP contribution in [0.2, 0.25) is 0 Å². The summed E-state index contributed by atoms with van der Waals surface area (Å²) < 4.78 is 51.1. The van der Waals surface area contributed by atoms with Gasteiger partial charge in [-0.3, -0.25) is 9.89 Å². The Morgan fingerprint density at radius 3 is 2.13 bits per heavy atom. The predicted octanol–water partition coefficient (Wildman–Crippen LogP) is 3.19. The van der Waals surface area contributed by atoms with E-state index in [0.717, 1.165) is 11.6 Å². The second kappa shape index (κ2) is 7.71. The van der Waals surface area contributed by atoms with Crippen molar-refractivity contribution in [1.29, 1.82) is 0 Å². The van der Waals surface area contributed by atoms with Gasteiger partial charge < -0.3 is 14.6 Å². The van der Waals surface area contributed by atoms with E-state index in [-0.39, 0.29) is 11.4 Å². The van der Waals surface area contributed by atoms with Crippen molar-refractivity contribution < 1.29 is 32.5 Å². The zero-order valence-corrected chi connectivity index (χ0v) is 15.9. The molecule has 0 amide bonds. The fraction of sp³-hybridized carbons (Fsp3) is 0.200. The molecule has 1 heterocycles. The highest BCUT2D eigenvalue weighted by atomic mass is 19.4. The van der Waals surface area contributed by atoms with Gasteiger partial charge in [0.25, 0.3) is 11.2 Å². The van der Waals surface area contributed by atoms with Crippen LogP contribution in [-0.2, 0) is 15.1 Å². The minimum Gasteiger partial charge on any atom is -0.466 e. The molecule has 1 aromatic heterocycles. The van der Waals surface area contributed by atoms with E-state index in [9.17, 15) is 27.9 Å². The third-order valence-electron chi connectivity index (χ3n) is 4.40. The molecule has 2 aromatic carbocycles. The van der Waals surface area contributed by atoms with Crippen LogP contribution in [0.5, 0.6) is 11.5 Å². The molecule has 2 N–H and O–H groups in total. The standard InChI is InChI=1S/C20H17F3N2O5/c1-12-16(19(28,18(27)29-2)20(21,22)23)17(26)25(24-12)13-8-10-15(11-9-13)30-14-6-4-3-5-7-14/h3-11,24,28H,1-2H3. The topological polar surface area (TPSA) is 93.6 Å². The van der Waals surface area contributed by atoms with Crippen molar-refractivity contribution in [2.45, 2.75) is 18.7 Å². The lowest BCUT2D eigenvalue weighted by molar-refractivity contribution is -0.267. The van der Waals surface area contributed by atoms with E-state index in [1.165, 1.54) is 24.3 Å². The van der Waals surface area contributed by atoms with E-state index in [0.29, 0.717) is 18.6 Å². The highest BCUT2D eigenvalue weighted by molar-refractivity contribution is 5.82. The molecule has 0 fully saturated rings. The van der Waals surface area contributed by atoms with Gasteiger partial charge in [-0.1, -0.05) is 18.2 Å². The first-order valence-corrected chi connectivity index (χ1v) is 8.62. The monoisotopic (exact) mass is 422 g/mol. The molecule has 158 valence electrons. The number of benzene rings is 2. The molecule has 3 aromatic rings. The number of carbonyl (C=O) groups excluding carboxylic acids is 1. The van der Waals surface area contributed by atoms with Gasteiger partial charge >= 0.3 is 12.1 Å². The largest absolute Gasteiger partial charge is 0.466 e. The Hall–Kier alpha value is -3.53. The summed E-state index contributed by atoms with van der Waals surface area (Å²) in [6, 6.07) is 14.8. The third kappa shape index (κ3) is 3.57. The molecule has 0 aliphatic heterocycles. The molecule has 1 unspecified atom stereocenters. The number of aromatic nitrogens is 2. The molecule has 0 radical (unpaired) electrons. The number of esters is 1. The van der Waals surface area contributed by atoms with Gasteiger partial charge in [0.15, 0.2) is 0 Å². The van der Waals surface area contributed by atoms with Crippen LogP contribution < -0.4 is 10.3 Å². The Morgan fingerprint density at radius 2 is 1.60 bits per heavy atom. The van der Waals surface area contributed by atoms with Crippen LogP contribution in [0.4, 0.5) is 13.2 Å². The molecule has 10 heteroatoms. The summed E-state index contributed by atoms with van der Waals surface area (Å²) in [5.41, 5.74) is -6.68. The number of para-hydroxylation sites is 1. The Kier molecular flexibility index (Phi) is 5.45. The van der Waals surface area contributed by atoms with Crippen LogP contribution in [-0.4, -0.2) is 34.1 Å². The first-order valence-electron chi connectivity index (χ1n) is 8.62. The number of nitrogens with one attached hydrogen (secondary N) is 1. The second-order valence-corrected chi connectivity index (χ2v) is 6.36. The fourth-order valence-electron chi connectivity index (χ4n) is 2.95. The highest BCUT2D eigenvalue weighted by Gasteiger charge is 2.64. The number of hydrogen-bond acceptors (Lipinski definition) is 5. The number of rotatable bonds is 5. The van der Waals surface area contributed by atoms with Gasteiger partial charge in [-0.2, -0.15) is 13.2 Å². The van der Waals surface area contributed by atoms with Gasteiger partial charge in [-0.05, 0) is 43.3 Å². The zero-order chi connectivity index (χ0) is 22.1. The lowest BCUT2D eigenvalue weighted by atomic mass is 9.93. The lowest BCUT2D eigenvalue weighted by Crippen LogP contribution is -2.52. The van der Waals surface area contributed by atoms with Crippen molar-refractivity contribution >= 4 is 5.97 Å². The van der Waals surface area contributed by atoms with E-state index in [1.54, 1.807) is 24.3 Å². The van der Waals surface area contributed by atoms with E-state index in [1.807, 2.05) is 6.07 Å². The molecule has 0 saturated carbocycles. The minimum absolute atomic E-state index is 0.171. The minimum atomic E-state index is -5.47. The molecular weight excluding hydrogens is 405 g/mol. The maximum absolute atomic E-state index is 13.5. The Morgan fingerprint density at radius 1 is 1.03 bits per heavy atom. The zero-order valence-electron chi connectivity index (χ0n) is 15.9. The summed E-state index contributed by atoms with van der Waals surface area (Å²) in [6.45, 7) is 1.14. The van der Waals surface area contributed by atoms with Gasteiger partial charge in [0.2, 0.25) is 0 Å². The number of hydrogen-bond donors (Lipinski definition) is 2. The lowest BCUT2D eigenvalue weighted by Gasteiger charge is -2.26. The average molecular weight is 422 g/mol. The van der Waals surface area contributed by atoms with Crippen molar-refractivity contribution in [3.05, 3.63) is 76.2 Å². The maximum atomic E-state index is 13.5. The quantitative estimate of drug-likeness (QED) is 0.616. The predicted molar refractivity (Wildman–Crippen MR) is 99.6 cm³/mol. The molecule has 30 heavy (non-hydrogen) atoms. The summed E-state index contributed by atoms with van der Waals surface area (Å²) in [6.07, 6.45) is -5.47. The molecule has 7 nitrogen and oxygen atoms in total. The van der Waals surface area contributed by atoms with Gasteiger partial charge in [-0.15, -0.1) is 0 Å². The molecular formula is C20H17F3N2O5. The van der Waals surface area contributed by atoms with Crippen LogP contribution in [0, 0.1) is 6.92 Å². The van der Waals surface area contributed by atoms with Crippen molar-refractivity contribution in [1.82, 2.24) is 9.78 Å². The molecule has 0 bridgehead atoms. The van der Waals surface area contributed by atoms with Gasteiger partial charge in [0, 0.05) is 5.69 Å². The fourth-order valence-corrected chi connectivity index (χ4v) is 2.95. The summed E-state index contributed by atoms with van der Waals surface area (Å²) in [4.78, 5) is 24.5. The van der Waals surface area contributed by atoms with Crippen molar-refractivity contribution in [2.24, 2.45) is 0 Å². The first kappa shape index (κ1) is 21.2. The number of aromatic amines is 1. The number of nitrogens with zero attached hydrogens (tertiary/aromatic N) is 1. The van der Waals surface area contributed by atoms with E-state index >= 15 is 0 Å². The number of carbonyl (C=O) groups is 1. The average Bonchev–Trinajstić information content (AvgIpc) is 3.01. The molecule has 0 aliphatic carbocycles. The Balaban J connectivity index is 2.01. The van der Waals surface area contributed by atoms with Crippen LogP contribution in [0.25, 0.3) is 5.69 Å². The third-order valence-corrected chi connectivity index (χ3v) is 4.40. The van der Waals surface area contributed by atoms with Crippen molar-refractivity contribution in [3.8, 4) is 17.2 Å². The van der Waals surface area contributed by atoms with Crippen LogP contribution in [0.3, 0.4) is 0 Å². The normalized spacial score (nSPS) is 13.5. The number of halogens is 3. The van der Waals surface area contributed by atoms with Gasteiger partial charge in [-0.25, -0.2) is 9.48 Å². The summed E-state index contributed by atoms with van der Waals surface area (Å²) in [5, 5.41) is 12.6. The number of alkyl halides is 3. The number of ether oxygens (including phenoxy) is 2. The summed E-state index contributed by atoms with van der Waals surface area (Å²) >= 11 is 0. The van der Waals surface area contributed by atoms with E-state index in [2.05, 4.69) is 9.84 Å². The van der Waals surface area contributed by atoms with Gasteiger partial charge in [0.05, 0.1) is 18.4 Å². The smallest absolute Gasteiger partial charge is 0.432 e. The van der Waals surface area contributed by atoms with Crippen molar-refractivity contribution in [2.75, 3.05) is 7.11 Å². The number of aryl methyl sites for hydroxylation is 1. The van der Waals surface area contributed by atoms with Crippen molar-refractivity contribution in [3.63, 3.8) is 0 Å². The molecule has 0 aliphatic rings.